The smallest absolute Gasteiger partial charge is 0.211 e. The Hall–Kier alpha value is -1.38. The zero-order valence-electron chi connectivity index (χ0n) is 15.4. The molecule has 1 aliphatic rings. The molecular weight excluding hydrogens is 374 g/mol. The molecule has 0 aliphatic carbocycles. The Bertz CT molecular complexity index is 686. The highest BCUT2D eigenvalue weighted by Gasteiger charge is 2.24. The summed E-state index contributed by atoms with van der Waals surface area (Å²) in [5, 5.41) is 7.07. The summed E-state index contributed by atoms with van der Waals surface area (Å²) in [5.74, 6) is 1.21. The Morgan fingerprint density at radius 3 is 2.65 bits per heavy atom. The van der Waals surface area contributed by atoms with Crippen molar-refractivity contribution in [2.75, 3.05) is 39.0 Å². The van der Waals surface area contributed by atoms with Crippen molar-refractivity contribution >= 4 is 27.6 Å². The van der Waals surface area contributed by atoms with E-state index in [0.29, 0.717) is 30.7 Å². The molecule has 0 aromatic carbocycles. The molecule has 2 rings (SSSR count). The fourth-order valence-corrected chi connectivity index (χ4v) is 3.85. The highest BCUT2D eigenvalue weighted by Crippen LogP contribution is 2.19. The number of pyridine rings is 1. The van der Waals surface area contributed by atoms with Crippen molar-refractivity contribution < 1.29 is 8.42 Å². The lowest BCUT2D eigenvalue weighted by atomic mass is 9.98. The van der Waals surface area contributed by atoms with E-state index in [2.05, 4.69) is 20.6 Å². The van der Waals surface area contributed by atoms with Gasteiger partial charge in [-0.25, -0.2) is 17.7 Å². The molecule has 2 N–H and O–H groups in total. The van der Waals surface area contributed by atoms with E-state index in [0.717, 1.165) is 43.9 Å². The number of hydrogen-bond acceptors (Lipinski definition) is 4. The number of rotatable bonds is 7. The van der Waals surface area contributed by atoms with Crippen LogP contribution in [0.5, 0.6) is 0 Å². The summed E-state index contributed by atoms with van der Waals surface area (Å²) >= 11 is 5.79. The second-order valence-corrected chi connectivity index (χ2v) is 8.86. The largest absolute Gasteiger partial charge is 0.357 e. The standard InChI is InChI=1S/C17H28ClN5O2S/c1-3-19-17(20-9-6-14-4-5-16(18)21-12-14)22-13-15-7-10-23(11-8-15)26(2,24)25/h4-5,12,15H,3,6-11,13H2,1-2H3,(H2,19,20,22). The van der Waals surface area contributed by atoms with Gasteiger partial charge in [0.25, 0.3) is 0 Å². The molecule has 0 amide bonds. The summed E-state index contributed by atoms with van der Waals surface area (Å²) in [6.07, 6.45) is 5.60. The maximum atomic E-state index is 11.6. The van der Waals surface area contributed by atoms with Crippen molar-refractivity contribution in [3.05, 3.63) is 29.0 Å². The molecule has 146 valence electrons. The molecule has 0 saturated carbocycles. The minimum Gasteiger partial charge on any atom is -0.357 e. The van der Waals surface area contributed by atoms with Crippen LogP contribution in [0.1, 0.15) is 25.3 Å². The molecule has 0 radical (unpaired) electrons. The molecule has 1 fully saturated rings. The normalized spacial score (nSPS) is 17.3. The van der Waals surface area contributed by atoms with E-state index >= 15 is 0 Å². The van der Waals surface area contributed by atoms with E-state index in [-0.39, 0.29) is 0 Å². The Labute approximate surface area is 161 Å². The molecule has 0 spiro atoms. The molecule has 1 saturated heterocycles. The van der Waals surface area contributed by atoms with Gasteiger partial charge in [0.2, 0.25) is 10.0 Å². The van der Waals surface area contributed by atoms with Crippen LogP contribution in [0.2, 0.25) is 5.15 Å². The minimum atomic E-state index is -3.07. The predicted molar refractivity (Wildman–Crippen MR) is 106 cm³/mol. The lowest BCUT2D eigenvalue weighted by Crippen LogP contribution is -2.40. The first-order valence-electron chi connectivity index (χ1n) is 8.96. The number of guanidine groups is 1. The predicted octanol–water partition coefficient (Wildman–Crippen LogP) is 1.50. The number of aromatic nitrogens is 1. The van der Waals surface area contributed by atoms with Gasteiger partial charge in [-0.1, -0.05) is 17.7 Å². The van der Waals surface area contributed by atoms with Crippen LogP contribution in [-0.2, 0) is 16.4 Å². The van der Waals surface area contributed by atoms with E-state index in [1.807, 2.05) is 13.0 Å². The van der Waals surface area contributed by atoms with Crippen LogP contribution in [0.25, 0.3) is 0 Å². The van der Waals surface area contributed by atoms with Crippen molar-refractivity contribution in [3.63, 3.8) is 0 Å². The molecule has 1 aliphatic heterocycles. The van der Waals surface area contributed by atoms with E-state index in [1.165, 1.54) is 6.26 Å². The maximum absolute atomic E-state index is 11.6. The van der Waals surface area contributed by atoms with E-state index in [1.54, 1.807) is 16.6 Å². The number of piperidine rings is 1. The average Bonchev–Trinajstić information content (AvgIpc) is 2.61. The maximum Gasteiger partial charge on any atom is 0.211 e. The highest BCUT2D eigenvalue weighted by atomic mass is 35.5. The van der Waals surface area contributed by atoms with Gasteiger partial charge in [-0.05, 0) is 43.7 Å². The van der Waals surface area contributed by atoms with Crippen LogP contribution in [0.3, 0.4) is 0 Å². The average molecular weight is 402 g/mol. The van der Waals surface area contributed by atoms with E-state index < -0.39 is 10.0 Å². The first kappa shape index (κ1) is 20.9. The third-order valence-corrected chi connectivity index (χ3v) is 5.92. The number of halogens is 1. The first-order chi connectivity index (χ1) is 12.4. The van der Waals surface area contributed by atoms with Crippen LogP contribution >= 0.6 is 11.6 Å². The number of nitrogens with one attached hydrogen (secondary N) is 2. The summed E-state index contributed by atoms with van der Waals surface area (Å²) in [4.78, 5) is 8.74. The van der Waals surface area contributed by atoms with Crippen LogP contribution < -0.4 is 10.6 Å². The Morgan fingerprint density at radius 1 is 1.35 bits per heavy atom. The van der Waals surface area contributed by atoms with Crippen molar-refractivity contribution in [1.29, 1.82) is 0 Å². The zero-order chi connectivity index (χ0) is 19.0. The third kappa shape index (κ3) is 7.09. The van der Waals surface area contributed by atoms with Gasteiger partial charge in [0, 0.05) is 38.9 Å². The number of sulfonamides is 1. The number of aliphatic imine (C=N–C) groups is 1. The van der Waals surface area contributed by atoms with Gasteiger partial charge in [-0.3, -0.25) is 4.99 Å². The van der Waals surface area contributed by atoms with Crippen LogP contribution in [0.4, 0.5) is 0 Å². The van der Waals surface area contributed by atoms with E-state index in [9.17, 15) is 8.42 Å². The van der Waals surface area contributed by atoms with Gasteiger partial charge >= 0.3 is 0 Å². The summed E-state index contributed by atoms with van der Waals surface area (Å²) in [5.41, 5.74) is 1.12. The monoisotopic (exact) mass is 401 g/mol. The van der Waals surface area contributed by atoms with Crippen molar-refractivity contribution in [3.8, 4) is 0 Å². The van der Waals surface area contributed by atoms with Crippen LogP contribution in [0.15, 0.2) is 23.3 Å². The number of hydrogen-bond donors (Lipinski definition) is 2. The molecule has 1 aromatic rings. The van der Waals surface area contributed by atoms with Crippen LogP contribution in [0, 0.1) is 5.92 Å². The Kier molecular flexibility index (Phi) is 8.12. The van der Waals surface area contributed by atoms with Gasteiger partial charge in [0.05, 0.1) is 6.26 Å². The fraction of sp³-hybridized carbons (Fsp3) is 0.647. The van der Waals surface area contributed by atoms with E-state index in [4.69, 9.17) is 11.6 Å². The quantitative estimate of drug-likeness (QED) is 0.411. The molecule has 0 atom stereocenters. The summed E-state index contributed by atoms with van der Waals surface area (Å²) < 4.78 is 24.7. The lowest BCUT2D eigenvalue weighted by molar-refractivity contribution is 0.280. The molecule has 0 bridgehead atoms. The molecular formula is C17H28ClN5O2S. The first-order valence-corrected chi connectivity index (χ1v) is 11.2. The molecule has 7 nitrogen and oxygen atoms in total. The van der Waals surface area contributed by atoms with Crippen molar-refractivity contribution in [2.45, 2.75) is 26.2 Å². The SMILES string of the molecule is CCNC(=NCC1CCN(S(C)(=O)=O)CC1)NCCc1ccc(Cl)nc1. The Morgan fingerprint density at radius 2 is 2.08 bits per heavy atom. The molecule has 26 heavy (non-hydrogen) atoms. The summed E-state index contributed by atoms with van der Waals surface area (Å²) in [6, 6.07) is 3.76. The second-order valence-electron chi connectivity index (χ2n) is 6.49. The van der Waals surface area contributed by atoms with Gasteiger partial charge < -0.3 is 10.6 Å². The molecule has 9 heteroatoms. The summed E-state index contributed by atoms with van der Waals surface area (Å²) in [6.45, 7) is 5.46. The Balaban J connectivity index is 1.78. The molecule has 2 heterocycles. The second kappa shape index (κ2) is 10.1. The van der Waals surface area contributed by atoms with Crippen molar-refractivity contribution in [2.24, 2.45) is 10.9 Å². The topological polar surface area (TPSA) is 86.7 Å². The lowest BCUT2D eigenvalue weighted by Gasteiger charge is -2.29. The highest BCUT2D eigenvalue weighted by molar-refractivity contribution is 7.88. The summed E-state index contributed by atoms with van der Waals surface area (Å²) in [7, 11) is -3.07. The number of nitrogens with zero attached hydrogens (tertiary/aromatic N) is 3. The van der Waals surface area contributed by atoms with Crippen molar-refractivity contribution in [1.82, 2.24) is 19.9 Å². The minimum absolute atomic E-state index is 0.420. The zero-order valence-corrected chi connectivity index (χ0v) is 17.0. The van der Waals surface area contributed by atoms with Gasteiger partial charge in [-0.15, -0.1) is 0 Å². The molecule has 0 unspecified atom stereocenters. The van der Waals surface area contributed by atoms with Gasteiger partial charge in [-0.2, -0.15) is 0 Å². The third-order valence-electron chi connectivity index (χ3n) is 4.39. The van der Waals surface area contributed by atoms with Gasteiger partial charge in [0.15, 0.2) is 5.96 Å². The fourth-order valence-electron chi connectivity index (χ4n) is 2.87. The van der Waals surface area contributed by atoms with Gasteiger partial charge in [0.1, 0.15) is 5.15 Å². The molecule has 1 aromatic heterocycles. The van der Waals surface area contributed by atoms with Crippen LogP contribution in [-0.4, -0.2) is 62.6 Å².